The molecular weight excluding hydrogens is 421 g/mol. The van der Waals surface area contributed by atoms with Crippen LogP contribution in [0.3, 0.4) is 0 Å². The lowest BCUT2D eigenvalue weighted by molar-refractivity contribution is -0.137. The summed E-state index contributed by atoms with van der Waals surface area (Å²) in [6, 6.07) is 9.54. The number of nitrogens with zero attached hydrogens (tertiary/aromatic N) is 3. The van der Waals surface area contributed by atoms with E-state index in [1.54, 1.807) is 0 Å². The minimum Gasteiger partial charge on any atom is -0.374 e. The molecule has 0 unspecified atom stereocenters. The lowest BCUT2D eigenvalue weighted by Crippen LogP contribution is -2.38. The highest BCUT2D eigenvalue weighted by Crippen LogP contribution is 2.33. The summed E-state index contributed by atoms with van der Waals surface area (Å²) in [5, 5.41) is 3.01. The van der Waals surface area contributed by atoms with Gasteiger partial charge in [0.15, 0.2) is 0 Å². The van der Waals surface area contributed by atoms with Crippen molar-refractivity contribution in [1.82, 2.24) is 10.3 Å². The monoisotopic (exact) mass is 446 g/mol. The normalized spacial score (nSPS) is 24.9. The highest BCUT2D eigenvalue weighted by Gasteiger charge is 2.39. The zero-order valence-electron chi connectivity index (χ0n) is 17.5. The average Bonchev–Trinajstić information content (AvgIpc) is 3.51. The van der Waals surface area contributed by atoms with Gasteiger partial charge >= 0.3 is 6.18 Å². The maximum atomic E-state index is 12.9. The van der Waals surface area contributed by atoms with E-state index in [-0.39, 0.29) is 18.4 Å². The first kappa shape index (κ1) is 21.1. The molecule has 3 saturated heterocycles. The van der Waals surface area contributed by atoms with Crippen molar-refractivity contribution in [2.45, 2.75) is 43.6 Å². The summed E-state index contributed by atoms with van der Waals surface area (Å²) in [7, 11) is 0. The molecule has 0 saturated carbocycles. The SMILES string of the molecule is O=C(Cc1ccc(N2C[C@H]3C[C@@H]2CO3)cc1)N[C@@H]1CCN(c2cncc(C(F)(F)F)c2)C1. The molecule has 5 rings (SSSR count). The molecule has 4 heterocycles. The van der Waals surface area contributed by atoms with Crippen LogP contribution in [0.5, 0.6) is 0 Å². The summed E-state index contributed by atoms with van der Waals surface area (Å²) in [6.45, 7) is 2.74. The van der Waals surface area contributed by atoms with E-state index in [2.05, 4.69) is 27.3 Å². The molecule has 1 aromatic heterocycles. The van der Waals surface area contributed by atoms with E-state index in [0.717, 1.165) is 43.1 Å². The van der Waals surface area contributed by atoms with Gasteiger partial charge in [0.25, 0.3) is 0 Å². The first-order valence-corrected chi connectivity index (χ1v) is 10.9. The number of morpholine rings is 1. The third-order valence-corrected chi connectivity index (χ3v) is 6.50. The van der Waals surface area contributed by atoms with Crippen LogP contribution in [0.4, 0.5) is 24.5 Å². The molecule has 3 atom stereocenters. The van der Waals surface area contributed by atoms with Gasteiger partial charge in [-0.05, 0) is 36.6 Å². The number of aromatic nitrogens is 1. The fourth-order valence-corrected chi connectivity index (χ4v) is 4.85. The predicted molar refractivity (Wildman–Crippen MR) is 114 cm³/mol. The smallest absolute Gasteiger partial charge is 0.374 e. The summed E-state index contributed by atoms with van der Waals surface area (Å²) >= 11 is 0. The van der Waals surface area contributed by atoms with Crippen LogP contribution >= 0.6 is 0 Å². The molecule has 3 aliphatic heterocycles. The molecule has 2 aromatic rings. The summed E-state index contributed by atoms with van der Waals surface area (Å²) in [4.78, 5) is 20.4. The van der Waals surface area contributed by atoms with Gasteiger partial charge in [0.1, 0.15) is 0 Å². The number of pyridine rings is 1. The molecule has 32 heavy (non-hydrogen) atoms. The molecule has 0 radical (unpaired) electrons. The molecule has 9 heteroatoms. The number of amides is 1. The van der Waals surface area contributed by atoms with E-state index in [0.29, 0.717) is 37.3 Å². The van der Waals surface area contributed by atoms with Crippen LogP contribution in [0, 0.1) is 0 Å². The Morgan fingerprint density at radius 2 is 1.97 bits per heavy atom. The lowest BCUT2D eigenvalue weighted by Gasteiger charge is -2.29. The zero-order chi connectivity index (χ0) is 22.3. The fourth-order valence-electron chi connectivity index (χ4n) is 4.85. The molecule has 1 aromatic carbocycles. The van der Waals surface area contributed by atoms with Gasteiger partial charge in [0, 0.05) is 37.6 Å². The van der Waals surface area contributed by atoms with Crippen molar-refractivity contribution in [2.24, 2.45) is 0 Å². The van der Waals surface area contributed by atoms with Crippen molar-refractivity contribution in [3.63, 3.8) is 0 Å². The number of benzene rings is 1. The molecule has 0 spiro atoms. The van der Waals surface area contributed by atoms with E-state index in [1.807, 2.05) is 17.0 Å². The Morgan fingerprint density at radius 3 is 2.66 bits per heavy atom. The molecule has 1 N–H and O–H groups in total. The molecule has 2 bridgehead atoms. The van der Waals surface area contributed by atoms with E-state index >= 15 is 0 Å². The average molecular weight is 446 g/mol. The number of anilines is 2. The van der Waals surface area contributed by atoms with Gasteiger partial charge in [0.05, 0.1) is 42.6 Å². The topological polar surface area (TPSA) is 57.7 Å². The summed E-state index contributed by atoms with van der Waals surface area (Å²) in [6.07, 6.45) is 0.207. The molecule has 170 valence electrons. The van der Waals surface area contributed by atoms with Crippen molar-refractivity contribution in [3.05, 3.63) is 53.9 Å². The Hall–Kier alpha value is -2.81. The number of carbonyl (C=O) groups excluding carboxylic acids is 1. The maximum absolute atomic E-state index is 12.9. The standard InChI is InChI=1S/C23H25F3N4O2/c24-23(25,26)16-8-19(11-27-10-16)29-6-5-17(12-29)28-22(31)7-15-1-3-18(4-2-15)30-13-21-9-20(30)14-32-21/h1-4,8,10-11,17,20-21H,5-7,9,12-14H2,(H,28,31)/t17-,20-,21-/m1/s1. The number of fused-ring (bicyclic) bond motifs is 2. The first-order valence-electron chi connectivity index (χ1n) is 10.9. The molecule has 6 nitrogen and oxygen atoms in total. The van der Waals surface area contributed by atoms with Crippen LogP contribution in [0.1, 0.15) is 24.0 Å². The van der Waals surface area contributed by atoms with Crippen molar-refractivity contribution >= 4 is 17.3 Å². The van der Waals surface area contributed by atoms with Crippen molar-refractivity contribution in [1.29, 1.82) is 0 Å². The van der Waals surface area contributed by atoms with E-state index < -0.39 is 11.7 Å². The lowest BCUT2D eigenvalue weighted by atomic mass is 10.1. The van der Waals surface area contributed by atoms with Crippen LogP contribution in [-0.2, 0) is 22.1 Å². The van der Waals surface area contributed by atoms with Gasteiger partial charge < -0.3 is 19.9 Å². The van der Waals surface area contributed by atoms with E-state index in [4.69, 9.17) is 4.74 Å². The van der Waals surface area contributed by atoms with Crippen LogP contribution in [0.25, 0.3) is 0 Å². The number of carbonyl (C=O) groups is 1. The predicted octanol–water partition coefficient (Wildman–Crippen LogP) is 3.02. The Kier molecular flexibility index (Phi) is 5.44. The summed E-state index contributed by atoms with van der Waals surface area (Å²) in [5.74, 6) is -0.0830. The number of hydrogen-bond donors (Lipinski definition) is 1. The number of nitrogens with one attached hydrogen (secondary N) is 1. The van der Waals surface area contributed by atoms with Gasteiger partial charge in [0.2, 0.25) is 5.91 Å². The second-order valence-corrected chi connectivity index (χ2v) is 8.77. The van der Waals surface area contributed by atoms with Crippen LogP contribution < -0.4 is 15.1 Å². The minimum absolute atomic E-state index is 0.0830. The highest BCUT2D eigenvalue weighted by atomic mass is 19.4. The third kappa shape index (κ3) is 4.39. The largest absolute Gasteiger partial charge is 0.417 e. The second-order valence-electron chi connectivity index (χ2n) is 8.77. The molecule has 1 amide bonds. The number of ether oxygens (including phenoxy) is 1. The number of hydrogen-bond acceptors (Lipinski definition) is 5. The Balaban J connectivity index is 1.14. The van der Waals surface area contributed by atoms with Crippen LogP contribution in [0.2, 0.25) is 0 Å². The van der Waals surface area contributed by atoms with Crippen molar-refractivity contribution < 1.29 is 22.7 Å². The first-order chi connectivity index (χ1) is 15.3. The zero-order valence-corrected chi connectivity index (χ0v) is 17.5. The van der Waals surface area contributed by atoms with Crippen LogP contribution in [-0.4, -0.2) is 55.3 Å². The number of rotatable bonds is 5. The Bertz CT molecular complexity index is 982. The third-order valence-electron chi connectivity index (χ3n) is 6.50. The number of alkyl halides is 3. The minimum atomic E-state index is -4.42. The molecular formula is C23H25F3N4O2. The summed E-state index contributed by atoms with van der Waals surface area (Å²) < 4.78 is 44.5. The van der Waals surface area contributed by atoms with Gasteiger partial charge in [-0.2, -0.15) is 13.2 Å². The van der Waals surface area contributed by atoms with E-state index in [1.165, 1.54) is 6.20 Å². The molecule has 3 fully saturated rings. The molecule has 3 aliphatic rings. The van der Waals surface area contributed by atoms with Crippen molar-refractivity contribution in [3.8, 4) is 0 Å². The highest BCUT2D eigenvalue weighted by molar-refractivity contribution is 5.79. The van der Waals surface area contributed by atoms with Crippen molar-refractivity contribution in [2.75, 3.05) is 36.0 Å². The van der Waals surface area contributed by atoms with Gasteiger partial charge in [-0.15, -0.1) is 0 Å². The number of halogens is 3. The van der Waals surface area contributed by atoms with Gasteiger partial charge in [-0.25, -0.2) is 0 Å². The fraction of sp³-hybridized carbons (Fsp3) is 0.478. The van der Waals surface area contributed by atoms with Crippen LogP contribution in [0.15, 0.2) is 42.7 Å². The van der Waals surface area contributed by atoms with Gasteiger partial charge in [-0.3, -0.25) is 9.78 Å². The van der Waals surface area contributed by atoms with E-state index in [9.17, 15) is 18.0 Å². The Labute approximate surface area is 184 Å². The summed E-state index contributed by atoms with van der Waals surface area (Å²) in [5.41, 5.74) is 1.75. The Morgan fingerprint density at radius 1 is 1.16 bits per heavy atom. The quantitative estimate of drug-likeness (QED) is 0.765. The molecule has 0 aliphatic carbocycles. The maximum Gasteiger partial charge on any atom is 0.417 e. The second kappa shape index (κ2) is 8.27. The van der Waals surface area contributed by atoms with Gasteiger partial charge in [-0.1, -0.05) is 12.1 Å².